The fraction of sp³-hybridized carbons (Fsp3) is 0.375. The number of carboxylic acid groups (broad SMARTS) is 1. The van der Waals surface area contributed by atoms with Gasteiger partial charge in [-0.1, -0.05) is 6.07 Å². The summed E-state index contributed by atoms with van der Waals surface area (Å²) in [5.41, 5.74) is 0. The van der Waals surface area contributed by atoms with Gasteiger partial charge in [-0.2, -0.15) is 0 Å². The number of carboxylic acids is 1. The molecule has 1 aromatic heterocycles. The van der Waals surface area contributed by atoms with Crippen LogP contribution in [0.2, 0.25) is 0 Å². The standard InChI is InChI=1S/C8H11NO4S2/c1-6(8(10)11)15(12,13)9-5-7-3-2-4-14-7/h2-4,6,9H,5H2,1H3,(H,10,11). The van der Waals surface area contributed by atoms with Gasteiger partial charge in [0.1, 0.15) is 0 Å². The minimum Gasteiger partial charge on any atom is -0.480 e. The lowest BCUT2D eigenvalue weighted by Gasteiger charge is -2.08. The van der Waals surface area contributed by atoms with Gasteiger partial charge in [-0.05, 0) is 18.4 Å². The third kappa shape index (κ3) is 3.29. The molecule has 84 valence electrons. The van der Waals surface area contributed by atoms with Crippen LogP contribution in [0.25, 0.3) is 0 Å². The molecule has 0 saturated carbocycles. The highest BCUT2D eigenvalue weighted by molar-refractivity contribution is 7.90. The lowest BCUT2D eigenvalue weighted by molar-refractivity contribution is -0.136. The zero-order chi connectivity index (χ0) is 11.5. The second-order valence-corrected chi connectivity index (χ2v) is 6.04. The Labute approximate surface area is 91.8 Å². The largest absolute Gasteiger partial charge is 0.480 e. The van der Waals surface area contributed by atoms with Crippen LogP contribution in [0.1, 0.15) is 11.8 Å². The molecular formula is C8H11NO4S2. The Balaban J connectivity index is 2.62. The quantitative estimate of drug-likeness (QED) is 0.802. The molecule has 0 fully saturated rings. The number of aliphatic carboxylic acids is 1. The molecule has 0 aliphatic rings. The number of thiophene rings is 1. The van der Waals surface area contributed by atoms with Crippen LogP contribution in [0.15, 0.2) is 17.5 Å². The SMILES string of the molecule is CC(C(=O)O)S(=O)(=O)NCc1cccs1. The monoisotopic (exact) mass is 249 g/mol. The molecule has 1 unspecified atom stereocenters. The number of carbonyl (C=O) groups is 1. The summed E-state index contributed by atoms with van der Waals surface area (Å²) in [6, 6.07) is 3.58. The maximum absolute atomic E-state index is 11.4. The fourth-order valence-corrected chi connectivity index (χ4v) is 2.45. The van der Waals surface area contributed by atoms with Crippen LogP contribution in [0.3, 0.4) is 0 Å². The van der Waals surface area contributed by atoms with Crippen molar-refractivity contribution < 1.29 is 18.3 Å². The average molecular weight is 249 g/mol. The molecule has 0 radical (unpaired) electrons. The predicted octanol–water partition coefficient (Wildman–Crippen LogP) is 0.641. The van der Waals surface area contributed by atoms with Crippen molar-refractivity contribution in [3.63, 3.8) is 0 Å². The molecule has 0 amide bonds. The first-order valence-corrected chi connectivity index (χ1v) is 6.60. The Hall–Kier alpha value is -0.920. The van der Waals surface area contributed by atoms with E-state index in [1.54, 1.807) is 12.1 Å². The first-order valence-electron chi connectivity index (χ1n) is 4.17. The van der Waals surface area contributed by atoms with Gasteiger partial charge in [-0.3, -0.25) is 4.79 Å². The molecule has 1 atom stereocenters. The molecule has 2 N–H and O–H groups in total. The lowest BCUT2D eigenvalue weighted by Crippen LogP contribution is -2.36. The third-order valence-corrected chi connectivity index (χ3v) is 4.40. The molecule has 15 heavy (non-hydrogen) atoms. The van der Waals surface area contributed by atoms with E-state index in [1.807, 2.05) is 5.38 Å². The summed E-state index contributed by atoms with van der Waals surface area (Å²) < 4.78 is 25.0. The molecule has 1 aromatic rings. The molecule has 0 saturated heterocycles. The van der Waals surface area contributed by atoms with Crippen LogP contribution in [-0.4, -0.2) is 24.7 Å². The van der Waals surface area contributed by atoms with E-state index in [4.69, 9.17) is 5.11 Å². The Morgan fingerprint density at radius 2 is 2.33 bits per heavy atom. The minimum atomic E-state index is -3.78. The fourth-order valence-electron chi connectivity index (χ4n) is 0.843. The van der Waals surface area contributed by atoms with Crippen molar-refractivity contribution >= 4 is 27.3 Å². The van der Waals surface area contributed by atoms with Gasteiger partial charge in [0.05, 0.1) is 0 Å². The lowest BCUT2D eigenvalue weighted by atomic mass is 10.5. The van der Waals surface area contributed by atoms with Crippen molar-refractivity contribution in [3.8, 4) is 0 Å². The Morgan fingerprint density at radius 1 is 1.67 bits per heavy atom. The van der Waals surface area contributed by atoms with E-state index in [-0.39, 0.29) is 6.54 Å². The Morgan fingerprint density at radius 3 is 2.80 bits per heavy atom. The van der Waals surface area contributed by atoms with Crippen molar-refractivity contribution in [1.29, 1.82) is 0 Å². The van der Waals surface area contributed by atoms with E-state index in [1.165, 1.54) is 11.3 Å². The van der Waals surface area contributed by atoms with E-state index in [0.717, 1.165) is 11.8 Å². The van der Waals surface area contributed by atoms with Crippen LogP contribution in [0, 0.1) is 0 Å². The summed E-state index contributed by atoms with van der Waals surface area (Å²) in [6.45, 7) is 1.27. The molecule has 0 bridgehead atoms. The third-order valence-electron chi connectivity index (χ3n) is 1.84. The normalized spacial score (nSPS) is 13.7. The van der Waals surface area contributed by atoms with Gasteiger partial charge in [-0.15, -0.1) is 11.3 Å². The van der Waals surface area contributed by atoms with Crippen LogP contribution < -0.4 is 4.72 Å². The van der Waals surface area contributed by atoms with Crippen LogP contribution in [-0.2, 0) is 21.4 Å². The molecule has 0 aliphatic carbocycles. The number of hydrogen-bond acceptors (Lipinski definition) is 4. The van der Waals surface area contributed by atoms with Gasteiger partial charge < -0.3 is 5.11 Å². The highest BCUT2D eigenvalue weighted by Crippen LogP contribution is 2.09. The van der Waals surface area contributed by atoms with Crippen LogP contribution in [0.5, 0.6) is 0 Å². The van der Waals surface area contributed by atoms with Crippen molar-refractivity contribution in [2.45, 2.75) is 18.7 Å². The van der Waals surface area contributed by atoms with Gasteiger partial charge in [0, 0.05) is 11.4 Å². The summed E-state index contributed by atoms with van der Waals surface area (Å²) in [5, 5.41) is 8.95. The van der Waals surface area contributed by atoms with E-state index in [9.17, 15) is 13.2 Å². The summed E-state index contributed by atoms with van der Waals surface area (Å²) in [7, 11) is -3.78. The zero-order valence-corrected chi connectivity index (χ0v) is 9.64. The smallest absolute Gasteiger partial charge is 0.323 e. The maximum Gasteiger partial charge on any atom is 0.323 e. The first kappa shape index (κ1) is 12.2. The van der Waals surface area contributed by atoms with Crippen molar-refractivity contribution in [1.82, 2.24) is 4.72 Å². The molecule has 0 aliphatic heterocycles. The van der Waals surface area contributed by atoms with Crippen molar-refractivity contribution in [2.75, 3.05) is 0 Å². The Kier molecular flexibility index (Phi) is 3.83. The Bertz CT molecular complexity index is 424. The molecule has 1 heterocycles. The molecule has 1 rings (SSSR count). The van der Waals surface area contributed by atoms with Gasteiger partial charge in [-0.25, -0.2) is 13.1 Å². The summed E-state index contributed by atoms with van der Waals surface area (Å²) in [6.07, 6.45) is 0. The topological polar surface area (TPSA) is 83.5 Å². The van der Waals surface area contributed by atoms with Crippen LogP contribution >= 0.6 is 11.3 Å². The zero-order valence-electron chi connectivity index (χ0n) is 8.00. The minimum absolute atomic E-state index is 0.137. The van der Waals surface area contributed by atoms with E-state index in [2.05, 4.69) is 4.72 Å². The summed E-state index contributed by atoms with van der Waals surface area (Å²) in [4.78, 5) is 11.3. The predicted molar refractivity (Wildman–Crippen MR) is 57.2 cm³/mol. The summed E-state index contributed by atoms with van der Waals surface area (Å²) >= 11 is 1.41. The molecule has 0 spiro atoms. The number of hydrogen-bond donors (Lipinski definition) is 2. The molecule has 7 heteroatoms. The maximum atomic E-state index is 11.4. The molecule has 5 nitrogen and oxygen atoms in total. The second kappa shape index (κ2) is 4.73. The second-order valence-electron chi connectivity index (χ2n) is 2.93. The molecular weight excluding hydrogens is 238 g/mol. The number of nitrogens with one attached hydrogen (secondary N) is 1. The van der Waals surface area contributed by atoms with Crippen molar-refractivity contribution in [2.24, 2.45) is 0 Å². The highest BCUT2D eigenvalue weighted by atomic mass is 32.2. The van der Waals surface area contributed by atoms with Gasteiger partial charge in [0.15, 0.2) is 5.25 Å². The van der Waals surface area contributed by atoms with E-state index in [0.29, 0.717) is 0 Å². The number of rotatable bonds is 5. The van der Waals surface area contributed by atoms with E-state index >= 15 is 0 Å². The van der Waals surface area contributed by atoms with Crippen LogP contribution in [0.4, 0.5) is 0 Å². The average Bonchev–Trinajstić information content (AvgIpc) is 2.66. The van der Waals surface area contributed by atoms with Gasteiger partial charge >= 0.3 is 5.97 Å². The highest BCUT2D eigenvalue weighted by Gasteiger charge is 2.26. The number of sulfonamides is 1. The summed E-state index contributed by atoms with van der Waals surface area (Å²) in [5.74, 6) is -1.35. The first-order chi connectivity index (χ1) is 6.93. The van der Waals surface area contributed by atoms with Crippen molar-refractivity contribution in [3.05, 3.63) is 22.4 Å². The van der Waals surface area contributed by atoms with E-state index < -0.39 is 21.2 Å². The van der Waals surface area contributed by atoms with Gasteiger partial charge in [0.2, 0.25) is 10.0 Å². The molecule has 0 aromatic carbocycles. The van der Waals surface area contributed by atoms with Gasteiger partial charge in [0.25, 0.3) is 0 Å².